The molecule has 0 bridgehead atoms. The molecule has 1 rings (SSSR count). The van der Waals surface area contributed by atoms with Gasteiger partial charge in [0.05, 0.1) is 5.75 Å². The fourth-order valence-corrected chi connectivity index (χ4v) is 4.17. The van der Waals surface area contributed by atoms with E-state index in [2.05, 4.69) is 6.92 Å². The number of amides is 2. The maximum absolute atomic E-state index is 11.8. The maximum atomic E-state index is 11.8. The predicted octanol–water partition coefficient (Wildman–Crippen LogP) is 4.70. The van der Waals surface area contributed by atoms with E-state index in [9.17, 15) is 18.0 Å². The van der Waals surface area contributed by atoms with Crippen molar-refractivity contribution < 1.29 is 22.2 Å². The van der Waals surface area contributed by atoms with Crippen molar-refractivity contribution in [3.63, 3.8) is 0 Å². The third-order valence-electron chi connectivity index (χ3n) is 5.01. The van der Waals surface area contributed by atoms with Crippen LogP contribution in [0.25, 0.3) is 0 Å². The summed E-state index contributed by atoms with van der Waals surface area (Å²) < 4.78 is 28.4. The Hall–Kier alpha value is -1.21. The van der Waals surface area contributed by atoms with Crippen molar-refractivity contribution in [3.8, 4) is 0 Å². The minimum absolute atomic E-state index is 0.0747. The molecule has 0 aromatic heterocycles. The van der Waals surface area contributed by atoms with Crippen molar-refractivity contribution in [3.05, 3.63) is 12.2 Å². The van der Waals surface area contributed by atoms with E-state index in [1.165, 1.54) is 64.2 Å². The van der Waals surface area contributed by atoms with Crippen molar-refractivity contribution in [2.75, 3.05) is 12.5 Å². The van der Waals surface area contributed by atoms with Crippen LogP contribution in [0.5, 0.6) is 0 Å². The van der Waals surface area contributed by atoms with E-state index in [0.717, 1.165) is 36.3 Å². The fourth-order valence-electron chi connectivity index (χ4n) is 3.22. The van der Waals surface area contributed by atoms with Crippen LogP contribution < -0.4 is 0 Å². The Bertz CT molecular complexity index is 568. The number of carbonyl (C=O) groups is 2. The van der Waals surface area contributed by atoms with Gasteiger partial charge in [0.25, 0.3) is 21.9 Å². The van der Waals surface area contributed by atoms with E-state index in [-0.39, 0.29) is 5.75 Å². The number of imide groups is 1. The normalized spacial score (nSPS) is 14.4. The lowest BCUT2D eigenvalue weighted by Gasteiger charge is -2.13. The summed E-state index contributed by atoms with van der Waals surface area (Å²) >= 11 is 0. The number of nitrogens with zero attached hydrogens (tertiary/aromatic N) is 1. The van der Waals surface area contributed by atoms with Crippen LogP contribution in [0.15, 0.2) is 12.2 Å². The van der Waals surface area contributed by atoms with Crippen molar-refractivity contribution in [2.24, 2.45) is 0 Å². The molecule has 0 saturated carbocycles. The van der Waals surface area contributed by atoms with Gasteiger partial charge in [-0.1, -0.05) is 90.4 Å². The molecule has 7 heteroatoms. The first-order chi connectivity index (χ1) is 13.5. The van der Waals surface area contributed by atoms with Crippen LogP contribution in [-0.2, 0) is 23.9 Å². The molecule has 6 nitrogen and oxygen atoms in total. The van der Waals surface area contributed by atoms with E-state index in [0.29, 0.717) is 6.42 Å². The zero-order chi connectivity index (χ0) is 20.7. The molecule has 0 aromatic rings. The summed E-state index contributed by atoms with van der Waals surface area (Å²) in [5.74, 6) is -1.16. The fraction of sp³-hybridized carbons (Fsp3) is 0.810. The Labute approximate surface area is 170 Å². The average Bonchev–Trinajstić information content (AvgIpc) is 2.98. The highest BCUT2D eigenvalue weighted by molar-refractivity contribution is 7.86. The first-order valence-electron chi connectivity index (χ1n) is 10.9. The van der Waals surface area contributed by atoms with Gasteiger partial charge < -0.3 is 0 Å². The molecule has 1 aliphatic heterocycles. The molecule has 1 aliphatic rings. The number of hydrogen-bond acceptors (Lipinski definition) is 5. The molecule has 1 heterocycles. The minimum Gasteiger partial charge on any atom is -0.269 e. The van der Waals surface area contributed by atoms with Crippen LogP contribution in [0.2, 0.25) is 0 Å². The third-order valence-corrected chi connectivity index (χ3v) is 6.26. The smallest absolute Gasteiger partial charge is 0.269 e. The number of unbranched alkanes of at least 4 members (excludes halogenated alkanes) is 13. The monoisotopic (exact) mass is 415 g/mol. The Morgan fingerprint density at radius 1 is 0.714 bits per heavy atom. The Balaban J connectivity index is 1.91. The van der Waals surface area contributed by atoms with Gasteiger partial charge in [-0.2, -0.15) is 8.42 Å². The second-order valence-corrected chi connectivity index (χ2v) is 9.30. The van der Waals surface area contributed by atoms with Crippen LogP contribution in [0.4, 0.5) is 0 Å². The molecular weight excluding hydrogens is 378 g/mol. The van der Waals surface area contributed by atoms with Gasteiger partial charge in [-0.3, -0.25) is 9.59 Å². The standard InChI is InChI=1S/C21H37NO5S/c1-2-3-4-5-6-7-8-9-10-11-12-13-14-15-18-28(25,26)27-19-22-20(23)16-17-21(22)24/h16-17H,2-15,18-19H2,1H3. The minimum atomic E-state index is -3.71. The van der Waals surface area contributed by atoms with Crippen LogP contribution in [0.1, 0.15) is 96.8 Å². The Morgan fingerprint density at radius 2 is 1.11 bits per heavy atom. The SMILES string of the molecule is CCCCCCCCCCCCCCCCS(=O)(=O)OCN1C(=O)C=CC1=O. The zero-order valence-electron chi connectivity index (χ0n) is 17.4. The van der Waals surface area contributed by atoms with E-state index >= 15 is 0 Å². The molecule has 0 N–H and O–H groups in total. The lowest BCUT2D eigenvalue weighted by Crippen LogP contribution is -2.33. The second-order valence-electron chi connectivity index (χ2n) is 7.54. The van der Waals surface area contributed by atoms with Gasteiger partial charge in [-0.15, -0.1) is 0 Å². The topological polar surface area (TPSA) is 80.8 Å². The van der Waals surface area contributed by atoms with Crippen LogP contribution in [0, 0.1) is 0 Å². The van der Waals surface area contributed by atoms with E-state index in [1.54, 1.807) is 0 Å². The molecule has 0 fully saturated rings. The molecule has 0 aliphatic carbocycles. The third kappa shape index (κ3) is 11.6. The Kier molecular flexibility index (Phi) is 13.1. The molecule has 0 saturated heterocycles. The largest absolute Gasteiger partial charge is 0.269 e. The molecule has 0 spiro atoms. The highest BCUT2D eigenvalue weighted by Gasteiger charge is 2.25. The molecule has 0 unspecified atom stereocenters. The van der Waals surface area contributed by atoms with Gasteiger partial charge in [-0.25, -0.2) is 9.08 Å². The summed E-state index contributed by atoms with van der Waals surface area (Å²) in [6.45, 7) is 1.71. The van der Waals surface area contributed by atoms with Gasteiger partial charge in [0.2, 0.25) is 0 Å². The lowest BCUT2D eigenvalue weighted by atomic mass is 10.0. The van der Waals surface area contributed by atoms with Gasteiger partial charge in [-0.05, 0) is 6.42 Å². The van der Waals surface area contributed by atoms with E-state index in [1.807, 2.05) is 0 Å². The number of carbonyl (C=O) groups excluding carboxylic acids is 2. The van der Waals surface area contributed by atoms with Crippen LogP contribution in [0.3, 0.4) is 0 Å². The highest BCUT2D eigenvalue weighted by Crippen LogP contribution is 2.13. The summed E-state index contributed by atoms with van der Waals surface area (Å²) in [5, 5.41) is 0. The Morgan fingerprint density at radius 3 is 1.54 bits per heavy atom. The second kappa shape index (κ2) is 14.7. The molecule has 0 radical (unpaired) electrons. The quantitative estimate of drug-likeness (QED) is 0.184. The molecule has 162 valence electrons. The lowest BCUT2D eigenvalue weighted by molar-refractivity contribution is -0.139. The van der Waals surface area contributed by atoms with Crippen molar-refractivity contribution in [1.29, 1.82) is 0 Å². The van der Waals surface area contributed by atoms with E-state index in [4.69, 9.17) is 4.18 Å². The van der Waals surface area contributed by atoms with Gasteiger partial charge in [0.15, 0.2) is 0 Å². The number of rotatable bonds is 18. The zero-order valence-corrected chi connectivity index (χ0v) is 18.2. The molecule has 28 heavy (non-hydrogen) atoms. The molecule has 0 atom stereocenters. The summed E-state index contributed by atoms with van der Waals surface area (Å²) in [6.07, 6.45) is 19.0. The van der Waals surface area contributed by atoms with Crippen molar-refractivity contribution >= 4 is 21.9 Å². The summed E-state index contributed by atoms with van der Waals surface area (Å²) in [7, 11) is -3.71. The average molecular weight is 416 g/mol. The van der Waals surface area contributed by atoms with E-state index < -0.39 is 28.7 Å². The highest BCUT2D eigenvalue weighted by atomic mass is 32.2. The number of hydrogen-bond donors (Lipinski definition) is 0. The van der Waals surface area contributed by atoms with Crippen molar-refractivity contribution in [2.45, 2.75) is 96.8 Å². The first kappa shape index (κ1) is 24.8. The maximum Gasteiger partial charge on any atom is 0.269 e. The molecule has 2 amide bonds. The summed E-state index contributed by atoms with van der Waals surface area (Å²) in [4.78, 5) is 23.5. The van der Waals surface area contributed by atoms with Crippen LogP contribution in [-0.4, -0.2) is 37.6 Å². The van der Waals surface area contributed by atoms with Gasteiger partial charge in [0, 0.05) is 12.2 Å². The predicted molar refractivity (Wildman–Crippen MR) is 111 cm³/mol. The van der Waals surface area contributed by atoms with Crippen LogP contribution >= 0.6 is 0 Å². The first-order valence-corrected chi connectivity index (χ1v) is 12.4. The van der Waals surface area contributed by atoms with Gasteiger partial charge in [0.1, 0.15) is 6.73 Å². The van der Waals surface area contributed by atoms with Crippen molar-refractivity contribution in [1.82, 2.24) is 4.90 Å². The molecular formula is C21H37NO5S. The van der Waals surface area contributed by atoms with Gasteiger partial charge >= 0.3 is 0 Å². The summed E-state index contributed by atoms with van der Waals surface area (Å²) in [5.41, 5.74) is 0. The summed E-state index contributed by atoms with van der Waals surface area (Å²) in [6, 6.07) is 0. The molecule has 0 aromatic carbocycles.